The number of methoxy groups -OCH3 is 1. The number of nitrogens with two attached hydrogens (primary N) is 2. The third-order valence-electron chi connectivity index (χ3n) is 2.66. The second-order valence-electron chi connectivity index (χ2n) is 4.16. The van der Waals surface area contributed by atoms with Crippen LogP contribution in [0.15, 0.2) is 29.3 Å². The van der Waals surface area contributed by atoms with Gasteiger partial charge in [0.25, 0.3) is 0 Å². The SMILES string of the molecule is CCOC(=O)c1sc(N=C(N)N)nc1-c1ccc(OC)cc1. The Morgan fingerprint density at radius 3 is 2.55 bits per heavy atom. The van der Waals surface area contributed by atoms with E-state index in [1.54, 1.807) is 38.3 Å². The summed E-state index contributed by atoms with van der Waals surface area (Å²) in [5.74, 6) is 0.134. The first kappa shape index (κ1) is 15.8. The van der Waals surface area contributed by atoms with Crippen LogP contribution in [0.1, 0.15) is 16.6 Å². The van der Waals surface area contributed by atoms with Gasteiger partial charge in [0.1, 0.15) is 10.6 Å². The van der Waals surface area contributed by atoms with Crippen LogP contribution in [0.4, 0.5) is 5.13 Å². The zero-order valence-corrected chi connectivity index (χ0v) is 13.0. The van der Waals surface area contributed by atoms with Crippen molar-refractivity contribution in [3.05, 3.63) is 29.1 Å². The maximum Gasteiger partial charge on any atom is 0.350 e. The molecule has 0 aliphatic heterocycles. The van der Waals surface area contributed by atoms with Gasteiger partial charge in [-0.2, -0.15) is 4.99 Å². The Kier molecular flexibility index (Phi) is 4.95. The van der Waals surface area contributed by atoms with Gasteiger partial charge >= 0.3 is 5.97 Å². The molecule has 0 bridgehead atoms. The number of hydrogen-bond acceptors (Lipinski definition) is 6. The second-order valence-corrected chi connectivity index (χ2v) is 5.14. The van der Waals surface area contributed by atoms with Gasteiger partial charge in [0, 0.05) is 5.56 Å². The van der Waals surface area contributed by atoms with Gasteiger partial charge in [0.2, 0.25) is 5.13 Å². The highest BCUT2D eigenvalue weighted by Crippen LogP contribution is 2.33. The lowest BCUT2D eigenvalue weighted by atomic mass is 10.1. The highest BCUT2D eigenvalue weighted by atomic mass is 32.1. The van der Waals surface area contributed by atoms with Crippen LogP contribution in [0, 0.1) is 0 Å². The molecule has 0 aliphatic carbocycles. The molecule has 1 aromatic carbocycles. The molecule has 0 amide bonds. The Bertz CT molecular complexity index is 691. The molecule has 8 heteroatoms. The highest BCUT2D eigenvalue weighted by molar-refractivity contribution is 7.17. The smallest absolute Gasteiger partial charge is 0.350 e. The molecule has 2 rings (SSSR count). The number of aromatic nitrogens is 1. The highest BCUT2D eigenvalue weighted by Gasteiger charge is 2.20. The van der Waals surface area contributed by atoms with Gasteiger partial charge < -0.3 is 20.9 Å². The van der Waals surface area contributed by atoms with Gasteiger partial charge in [-0.05, 0) is 31.2 Å². The number of carbonyl (C=O) groups excluding carboxylic acids is 1. The molecule has 2 aromatic rings. The molecule has 0 atom stereocenters. The summed E-state index contributed by atoms with van der Waals surface area (Å²) >= 11 is 1.08. The molecule has 116 valence electrons. The zero-order chi connectivity index (χ0) is 16.1. The van der Waals surface area contributed by atoms with Crippen LogP contribution < -0.4 is 16.2 Å². The quantitative estimate of drug-likeness (QED) is 0.494. The predicted molar refractivity (Wildman–Crippen MR) is 85.5 cm³/mol. The Morgan fingerprint density at radius 1 is 1.32 bits per heavy atom. The van der Waals surface area contributed by atoms with E-state index in [2.05, 4.69) is 9.98 Å². The number of thiazole rings is 1. The van der Waals surface area contributed by atoms with Crippen molar-refractivity contribution < 1.29 is 14.3 Å². The van der Waals surface area contributed by atoms with E-state index in [-0.39, 0.29) is 12.6 Å². The molecular weight excluding hydrogens is 304 g/mol. The molecule has 0 saturated heterocycles. The first-order valence-electron chi connectivity index (χ1n) is 6.47. The lowest BCUT2D eigenvalue weighted by Gasteiger charge is -2.03. The Morgan fingerprint density at radius 2 is 2.00 bits per heavy atom. The van der Waals surface area contributed by atoms with Crippen molar-refractivity contribution in [2.24, 2.45) is 16.5 Å². The van der Waals surface area contributed by atoms with Gasteiger partial charge in [-0.1, -0.05) is 11.3 Å². The summed E-state index contributed by atoms with van der Waals surface area (Å²) in [6.45, 7) is 2.01. The van der Waals surface area contributed by atoms with Crippen LogP contribution in [0.5, 0.6) is 5.75 Å². The third kappa shape index (κ3) is 3.53. The van der Waals surface area contributed by atoms with E-state index in [0.717, 1.165) is 16.9 Å². The largest absolute Gasteiger partial charge is 0.497 e. The average Bonchev–Trinajstić information content (AvgIpc) is 2.90. The standard InChI is InChI=1S/C14H16N4O3S/c1-3-21-12(19)11-10(17-14(22-11)18-13(15)16)8-4-6-9(20-2)7-5-8/h4-7H,3H2,1-2H3,(H4,15,16,17,18). The number of benzene rings is 1. The topological polar surface area (TPSA) is 113 Å². The van der Waals surface area contributed by atoms with Gasteiger partial charge in [0.15, 0.2) is 5.96 Å². The first-order chi connectivity index (χ1) is 10.5. The molecule has 0 unspecified atom stereocenters. The number of esters is 1. The van der Waals surface area contributed by atoms with Crippen molar-refractivity contribution >= 4 is 28.4 Å². The minimum absolute atomic E-state index is 0.120. The predicted octanol–water partition coefficient (Wildman–Crippen LogP) is 1.90. The number of nitrogens with zero attached hydrogens (tertiary/aromatic N) is 2. The van der Waals surface area contributed by atoms with E-state index in [9.17, 15) is 4.79 Å². The summed E-state index contributed by atoms with van der Waals surface area (Å²) in [5.41, 5.74) is 11.9. The summed E-state index contributed by atoms with van der Waals surface area (Å²) in [6.07, 6.45) is 0. The van der Waals surface area contributed by atoms with Crippen LogP contribution in [-0.2, 0) is 4.74 Å². The van der Waals surface area contributed by atoms with E-state index in [0.29, 0.717) is 21.5 Å². The first-order valence-corrected chi connectivity index (χ1v) is 7.28. The van der Waals surface area contributed by atoms with Gasteiger partial charge in [0.05, 0.1) is 19.4 Å². The molecule has 0 saturated carbocycles. The van der Waals surface area contributed by atoms with E-state index in [1.807, 2.05) is 0 Å². The van der Waals surface area contributed by atoms with Crippen LogP contribution >= 0.6 is 11.3 Å². The van der Waals surface area contributed by atoms with Gasteiger partial charge in [-0.3, -0.25) is 0 Å². The van der Waals surface area contributed by atoms with Crippen molar-refractivity contribution in [2.45, 2.75) is 6.92 Å². The van der Waals surface area contributed by atoms with Crippen LogP contribution in [0.3, 0.4) is 0 Å². The molecule has 1 heterocycles. The van der Waals surface area contributed by atoms with Gasteiger partial charge in [-0.15, -0.1) is 0 Å². The van der Waals surface area contributed by atoms with Crippen molar-refractivity contribution in [3.63, 3.8) is 0 Å². The maximum atomic E-state index is 12.1. The Balaban J connectivity index is 2.48. The number of hydrogen-bond donors (Lipinski definition) is 2. The summed E-state index contributed by atoms with van der Waals surface area (Å²) in [7, 11) is 1.58. The molecule has 0 spiro atoms. The molecule has 22 heavy (non-hydrogen) atoms. The fourth-order valence-corrected chi connectivity index (χ4v) is 2.62. The molecule has 0 fully saturated rings. The normalized spacial score (nSPS) is 10.1. The van der Waals surface area contributed by atoms with E-state index in [4.69, 9.17) is 20.9 Å². The fraction of sp³-hybridized carbons (Fsp3) is 0.214. The lowest BCUT2D eigenvalue weighted by Crippen LogP contribution is -2.21. The monoisotopic (exact) mass is 320 g/mol. The number of guanidine groups is 1. The number of rotatable bonds is 5. The van der Waals surface area contributed by atoms with Crippen LogP contribution in [0.2, 0.25) is 0 Å². The van der Waals surface area contributed by atoms with E-state index in [1.165, 1.54) is 0 Å². The molecular formula is C14H16N4O3S. The van der Waals surface area contributed by atoms with Crippen LogP contribution in [-0.4, -0.2) is 30.6 Å². The maximum absolute atomic E-state index is 12.1. The number of ether oxygens (including phenoxy) is 2. The second kappa shape index (κ2) is 6.90. The van der Waals surface area contributed by atoms with Crippen molar-refractivity contribution in [3.8, 4) is 17.0 Å². The number of carbonyl (C=O) groups is 1. The van der Waals surface area contributed by atoms with Crippen molar-refractivity contribution in [1.82, 2.24) is 4.98 Å². The van der Waals surface area contributed by atoms with E-state index < -0.39 is 5.97 Å². The third-order valence-corrected chi connectivity index (χ3v) is 3.59. The Hall–Kier alpha value is -2.61. The number of aliphatic imine (C=N–C) groups is 1. The molecule has 0 radical (unpaired) electrons. The zero-order valence-electron chi connectivity index (χ0n) is 12.2. The summed E-state index contributed by atoms with van der Waals surface area (Å²) < 4.78 is 10.2. The fourth-order valence-electron chi connectivity index (χ4n) is 1.75. The Labute approximate surface area is 131 Å². The summed E-state index contributed by atoms with van der Waals surface area (Å²) in [6, 6.07) is 7.17. The minimum atomic E-state index is -0.456. The molecule has 1 aromatic heterocycles. The average molecular weight is 320 g/mol. The summed E-state index contributed by atoms with van der Waals surface area (Å²) in [4.78, 5) is 20.6. The molecule has 4 N–H and O–H groups in total. The van der Waals surface area contributed by atoms with Crippen molar-refractivity contribution in [1.29, 1.82) is 0 Å². The molecule has 0 aliphatic rings. The van der Waals surface area contributed by atoms with Crippen molar-refractivity contribution in [2.75, 3.05) is 13.7 Å². The lowest BCUT2D eigenvalue weighted by molar-refractivity contribution is 0.0532. The van der Waals surface area contributed by atoms with Crippen LogP contribution in [0.25, 0.3) is 11.3 Å². The van der Waals surface area contributed by atoms with E-state index >= 15 is 0 Å². The summed E-state index contributed by atoms with van der Waals surface area (Å²) in [5, 5.41) is 0.300. The minimum Gasteiger partial charge on any atom is -0.497 e. The van der Waals surface area contributed by atoms with Gasteiger partial charge in [-0.25, -0.2) is 9.78 Å². The molecule has 7 nitrogen and oxygen atoms in total.